The number of pyridine rings is 1. The molecule has 1 heterocycles. The number of rotatable bonds is 7. The van der Waals surface area contributed by atoms with E-state index in [9.17, 15) is 23.2 Å². The van der Waals surface area contributed by atoms with E-state index in [0.29, 0.717) is 11.5 Å². The van der Waals surface area contributed by atoms with E-state index < -0.39 is 17.7 Å². The summed E-state index contributed by atoms with van der Waals surface area (Å²) in [5.74, 6) is -3.75. The van der Waals surface area contributed by atoms with E-state index in [0.717, 1.165) is 0 Å². The minimum atomic E-state index is -2.97. The minimum absolute atomic E-state index is 0.119. The standard InChI is InChI=1S/C24H22F2N4O4/c1-3-24(25,26)17-8-4-15(5-9-17)21(31)29-30-22(32)16-6-10-18(11-7-16)34-19-12-13-28-20(14-19)23(33)27-2/h4-14H,3H2,1-2H3,(H,27,33)(H,29,31)(H,30,32). The first-order valence-electron chi connectivity index (χ1n) is 10.3. The summed E-state index contributed by atoms with van der Waals surface area (Å²) in [7, 11) is 1.49. The highest BCUT2D eigenvalue weighted by Crippen LogP contribution is 2.31. The van der Waals surface area contributed by atoms with Crippen molar-refractivity contribution in [3.8, 4) is 11.5 Å². The summed E-state index contributed by atoms with van der Waals surface area (Å²) < 4.78 is 33.0. The predicted molar refractivity (Wildman–Crippen MR) is 120 cm³/mol. The maximum atomic E-state index is 13.7. The quantitative estimate of drug-likeness (QED) is 0.457. The molecule has 0 bridgehead atoms. The van der Waals surface area contributed by atoms with Crippen LogP contribution in [0.5, 0.6) is 11.5 Å². The lowest BCUT2D eigenvalue weighted by Gasteiger charge is -2.14. The Morgan fingerprint density at radius 3 is 1.94 bits per heavy atom. The minimum Gasteiger partial charge on any atom is -0.457 e. The third kappa shape index (κ3) is 5.91. The van der Waals surface area contributed by atoms with Crippen LogP contribution in [0.1, 0.15) is 50.1 Å². The van der Waals surface area contributed by atoms with E-state index in [1.807, 2.05) is 0 Å². The fraction of sp³-hybridized carbons (Fsp3) is 0.167. The summed E-state index contributed by atoms with van der Waals surface area (Å²) in [5.41, 5.74) is 4.88. The molecule has 3 N–H and O–H groups in total. The van der Waals surface area contributed by atoms with Crippen LogP contribution in [0, 0.1) is 0 Å². The van der Waals surface area contributed by atoms with Crippen molar-refractivity contribution in [2.24, 2.45) is 0 Å². The molecule has 1 aromatic heterocycles. The largest absolute Gasteiger partial charge is 0.457 e. The first-order valence-corrected chi connectivity index (χ1v) is 10.3. The van der Waals surface area contributed by atoms with E-state index in [1.54, 1.807) is 18.2 Å². The lowest BCUT2D eigenvalue weighted by atomic mass is 10.0. The molecule has 0 saturated carbocycles. The SMILES string of the molecule is CCC(F)(F)c1ccc(C(=O)NNC(=O)c2ccc(Oc3ccnc(C(=O)NC)c3)cc2)cc1. The molecule has 0 spiro atoms. The summed E-state index contributed by atoms with van der Waals surface area (Å²) in [5, 5.41) is 2.47. The van der Waals surface area contributed by atoms with E-state index in [1.165, 1.54) is 62.6 Å². The number of aromatic nitrogens is 1. The number of carbonyl (C=O) groups excluding carboxylic acids is 3. The Labute approximate surface area is 194 Å². The molecule has 0 saturated heterocycles. The number of hydrogen-bond donors (Lipinski definition) is 3. The average Bonchev–Trinajstić information content (AvgIpc) is 2.87. The van der Waals surface area contributed by atoms with E-state index >= 15 is 0 Å². The highest BCUT2D eigenvalue weighted by Gasteiger charge is 2.28. The molecule has 34 heavy (non-hydrogen) atoms. The summed E-state index contributed by atoms with van der Waals surface area (Å²) in [6, 6.07) is 14.0. The molecule has 0 fully saturated rings. The van der Waals surface area contributed by atoms with Crippen LogP contribution in [0.4, 0.5) is 8.78 Å². The van der Waals surface area contributed by atoms with Crippen LogP contribution < -0.4 is 20.9 Å². The van der Waals surface area contributed by atoms with Gasteiger partial charge in [0.05, 0.1) is 0 Å². The first kappa shape index (κ1) is 24.3. The van der Waals surface area contributed by atoms with Gasteiger partial charge >= 0.3 is 0 Å². The van der Waals surface area contributed by atoms with Crippen LogP contribution in [-0.2, 0) is 5.92 Å². The van der Waals surface area contributed by atoms with Gasteiger partial charge in [0.1, 0.15) is 17.2 Å². The van der Waals surface area contributed by atoms with Crippen LogP contribution in [0.15, 0.2) is 66.9 Å². The number of hydrogen-bond acceptors (Lipinski definition) is 5. The average molecular weight is 468 g/mol. The molecule has 3 amide bonds. The number of hydrazine groups is 1. The van der Waals surface area contributed by atoms with Crippen molar-refractivity contribution in [3.05, 3.63) is 89.2 Å². The van der Waals surface area contributed by atoms with Crippen molar-refractivity contribution < 1.29 is 27.9 Å². The number of alkyl halides is 2. The number of benzene rings is 2. The Balaban J connectivity index is 1.57. The molecule has 3 aromatic rings. The van der Waals surface area contributed by atoms with Crippen LogP contribution >= 0.6 is 0 Å². The summed E-state index contributed by atoms with van der Waals surface area (Å²) >= 11 is 0. The van der Waals surface area contributed by atoms with Gasteiger partial charge in [-0.3, -0.25) is 30.2 Å². The molecule has 0 atom stereocenters. The monoisotopic (exact) mass is 468 g/mol. The van der Waals surface area contributed by atoms with Crippen LogP contribution in [0.3, 0.4) is 0 Å². The lowest BCUT2D eigenvalue weighted by molar-refractivity contribution is -0.00831. The third-order valence-corrected chi connectivity index (χ3v) is 4.85. The third-order valence-electron chi connectivity index (χ3n) is 4.85. The molecule has 0 unspecified atom stereocenters. The zero-order valence-electron chi connectivity index (χ0n) is 18.4. The second kappa shape index (κ2) is 10.5. The number of nitrogens with zero attached hydrogens (tertiary/aromatic N) is 1. The van der Waals surface area contributed by atoms with Crippen molar-refractivity contribution >= 4 is 17.7 Å². The topological polar surface area (TPSA) is 109 Å². The first-order chi connectivity index (χ1) is 16.2. The molecule has 0 aliphatic heterocycles. The van der Waals surface area contributed by atoms with Gasteiger partial charge in [-0.1, -0.05) is 19.1 Å². The molecule has 3 rings (SSSR count). The highest BCUT2D eigenvalue weighted by molar-refractivity contribution is 5.99. The van der Waals surface area contributed by atoms with Gasteiger partial charge in [0.25, 0.3) is 23.6 Å². The number of amides is 3. The number of carbonyl (C=O) groups is 3. The molecule has 2 aromatic carbocycles. The lowest BCUT2D eigenvalue weighted by Crippen LogP contribution is -2.41. The summed E-state index contributed by atoms with van der Waals surface area (Å²) in [4.78, 5) is 40.1. The highest BCUT2D eigenvalue weighted by atomic mass is 19.3. The van der Waals surface area contributed by atoms with Gasteiger partial charge in [-0.15, -0.1) is 0 Å². The van der Waals surface area contributed by atoms with Gasteiger partial charge < -0.3 is 10.1 Å². The zero-order valence-corrected chi connectivity index (χ0v) is 18.4. The Kier molecular flexibility index (Phi) is 7.52. The van der Waals surface area contributed by atoms with E-state index in [-0.39, 0.29) is 34.7 Å². The number of halogens is 2. The Morgan fingerprint density at radius 1 is 0.853 bits per heavy atom. The zero-order chi connectivity index (χ0) is 24.7. The van der Waals surface area contributed by atoms with Crippen LogP contribution in [-0.4, -0.2) is 29.8 Å². The molecule has 8 nitrogen and oxygen atoms in total. The van der Waals surface area contributed by atoms with Crippen molar-refractivity contribution in [3.63, 3.8) is 0 Å². The second-order valence-electron chi connectivity index (χ2n) is 7.13. The normalized spacial score (nSPS) is 10.8. The second-order valence-corrected chi connectivity index (χ2v) is 7.13. The van der Waals surface area contributed by atoms with Crippen LogP contribution in [0.25, 0.3) is 0 Å². The predicted octanol–water partition coefficient (Wildman–Crippen LogP) is 3.81. The van der Waals surface area contributed by atoms with Crippen molar-refractivity contribution in [2.45, 2.75) is 19.3 Å². The van der Waals surface area contributed by atoms with Crippen molar-refractivity contribution in [1.29, 1.82) is 0 Å². The molecule has 0 radical (unpaired) electrons. The maximum absolute atomic E-state index is 13.7. The Hall–Kier alpha value is -4.34. The van der Waals surface area contributed by atoms with E-state index in [2.05, 4.69) is 21.2 Å². The van der Waals surface area contributed by atoms with Crippen molar-refractivity contribution in [1.82, 2.24) is 21.2 Å². The van der Waals surface area contributed by atoms with Gasteiger partial charge in [0, 0.05) is 42.4 Å². The summed E-state index contributed by atoms with van der Waals surface area (Å²) in [6.07, 6.45) is 1.09. The fourth-order valence-electron chi connectivity index (χ4n) is 2.86. The molecule has 0 aliphatic carbocycles. The Bertz CT molecular complexity index is 1180. The maximum Gasteiger partial charge on any atom is 0.273 e. The van der Waals surface area contributed by atoms with Gasteiger partial charge in [-0.05, 0) is 42.5 Å². The summed E-state index contributed by atoms with van der Waals surface area (Å²) in [6.45, 7) is 1.37. The molecule has 0 aliphatic rings. The Morgan fingerprint density at radius 2 is 1.41 bits per heavy atom. The van der Waals surface area contributed by atoms with E-state index in [4.69, 9.17) is 4.74 Å². The number of ether oxygens (including phenoxy) is 1. The van der Waals surface area contributed by atoms with Gasteiger partial charge in [-0.25, -0.2) is 8.78 Å². The molecular formula is C24H22F2N4O4. The molecule has 10 heteroatoms. The van der Waals surface area contributed by atoms with Gasteiger partial charge in [0.15, 0.2) is 0 Å². The van der Waals surface area contributed by atoms with Crippen LogP contribution in [0.2, 0.25) is 0 Å². The van der Waals surface area contributed by atoms with Gasteiger partial charge in [0.2, 0.25) is 0 Å². The van der Waals surface area contributed by atoms with Crippen molar-refractivity contribution in [2.75, 3.05) is 7.05 Å². The molecular weight excluding hydrogens is 446 g/mol. The van der Waals surface area contributed by atoms with Gasteiger partial charge in [-0.2, -0.15) is 0 Å². The fourth-order valence-corrected chi connectivity index (χ4v) is 2.86. The number of nitrogens with one attached hydrogen (secondary N) is 3. The smallest absolute Gasteiger partial charge is 0.273 e. The molecule has 176 valence electrons.